The smallest absolute Gasteiger partial charge is 0.191 e. The van der Waals surface area contributed by atoms with Crippen molar-refractivity contribution in [3.63, 3.8) is 0 Å². The Hall–Kier alpha value is -2.86. The molecule has 148 valence electrons. The Morgan fingerprint density at radius 2 is 1.89 bits per heavy atom. The maximum Gasteiger partial charge on any atom is 0.191 e. The van der Waals surface area contributed by atoms with Crippen LogP contribution < -0.4 is 5.73 Å². The predicted octanol–water partition coefficient (Wildman–Crippen LogP) is 4.43. The van der Waals surface area contributed by atoms with E-state index in [-0.39, 0.29) is 24.1 Å². The van der Waals surface area contributed by atoms with E-state index in [1.54, 1.807) is 17.0 Å². The highest BCUT2D eigenvalue weighted by molar-refractivity contribution is 5.85. The van der Waals surface area contributed by atoms with E-state index in [1.807, 2.05) is 63.5 Å². The second-order valence-electron chi connectivity index (χ2n) is 6.62. The van der Waals surface area contributed by atoms with Crippen LogP contribution in [0.3, 0.4) is 0 Å². The molecule has 2 N–H and O–H groups in total. The third-order valence-corrected chi connectivity index (χ3v) is 4.44. The van der Waals surface area contributed by atoms with Crippen molar-refractivity contribution in [2.75, 3.05) is 14.1 Å². The molecule has 3 aromatic rings. The van der Waals surface area contributed by atoms with Crippen LogP contribution in [-0.2, 0) is 6.54 Å². The van der Waals surface area contributed by atoms with Crippen LogP contribution in [0, 0.1) is 5.82 Å². The second-order valence-corrected chi connectivity index (χ2v) is 6.62. The van der Waals surface area contributed by atoms with Crippen molar-refractivity contribution in [1.82, 2.24) is 10.1 Å². The molecule has 0 aliphatic heterocycles. The Labute approximate surface area is 170 Å². The molecule has 2 aromatic carbocycles. The molecule has 5 nitrogen and oxygen atoms in total. The minimum Gasteiger partial charge on any atom is -0.370 e. The molecule has 1 aromatic heterocycles. The van der Waals surface area contributed by atoms with Crippen molar-refractivity contribution < 1.29 is 8.91 Å². The molecule has 0 aliphatic carbocycles. The predicted molar refractivity (Wildman–Crippen MR) is 112 cm³/mol. The fourth-order valence-electron chi connectivity index (χ4n) is 2.73. The van der Waals surface area contributed by atoms with Crippen LogP contribution in [0.5, 0.6) is 0 Å². The van der Waals surface area contributed by atoms with Crippen LogP contribution in [0.2, 0.25) is 0 Å². The van der Waals surface area contributed by atoms with Gasteiger partial charge in [0.05, 0.1) is 6.54 Å². The summed E-state index contributed by atoms with van der Waals surface area (Å²) < 4.78 is 20.1. The van der Waals surface area contributed by atoms with E-state index in [0.29, 0.717) is 29.5 Å². The maximum atomic E-state index is 14.6. The van der Waals surface area contributed by atoms with Crippen LogP contribution in [0.15, 0.2) is 64.1 Å². The van der Waals surface area contributed by atoms with Gasteiger partial charge in [-0.3, -0.25) is 0 Å². The van der Waals surface area contributed by atoms with Crippen molar-refractivity contribution in [3.8, 4) is 11.1 Å². The first-order valence-electron chi connectivity index (χ1n) is 8.73. The van der Waals surface area contributed by atoms with Gasteiger partial charge < -0.3 is 15.2 Å². The lowest BCUT2D eigenvalue weighted by Crippen LogP contribution is -2.30. The van der Waals surface area contributed by atoms with Gasteiger partial charge in [-0.05, 0) is 17.2 Å². The highest BCUT2D eigenvalue weighted by Gasteiger charge is 2.16. The number of rotatable bonds is 5. The first kappa shape index (κ1) is 21.4. The monoisotopic (exact) mass is 402 g/mol. The van der Waals surface area contributed by atoms with Crippen molar-refractivity contribution in [2.24, 2.45) is 10.7 Å². The fraction of sp³-hybridized carbons (Fsp3) is 0.238. The van der Waals surface area contributed by atoms with Gasteiger partial charge in [-0.1, -0.05) is 54.5 Å². The number of hydrogen-bond acceptors (Lipinski definition) is 3. The standard InChI is InChI=1S/C21H23FN4O.ClH/c1-14(20-12-17(25-27-20)13-24-21(23)26(2)3)16-9-10-18(19(22)11-16)15-7-5-4-6-8-15;/h4-12,14H,13H2,1-3H3,(H2,23,24);1H. The van der Waals surface area contributed by atoms with Crippen LogP contribution in [-0.4, -0.2) is 30.1 Å². The molecule has 0 bridgehead atoms. The maximum absolute atomic E-state index is 14.6. The van der Waals surface area contributed by atoms with Gasteiger partial charge >= 0.3 is 0 Å². The molecule has 0 saturated heterocycles. The summed E-state index contributed by atoms with van der Waals surface area (Å²) >= 11 is 0. The van der Waals surface area contributed by atoms with Crippen LogP contribution >= 0.6 is 12.4 Å². The van der Waals surface area contributed by atoms with E-state index in [1.165, 1.54) is 0 Å². The number of hydrogen-bond donors (Lipinski definition) is 1. The number of aliphatic imine (C=N–C) groups is 1. The third-order valence-electron chi connectivity index (χ3n) is 4.44. The van der Waals surface area contributed by atoms with Crippen molar-refractivity contribution in [3.05, 3.63) is 77.4 Å². The second kappa shape index (κ2) is 9.37. The van der Waals surface area contributed by atoms with Gasteiger partial charge in [-0.2, -0.15) is 0 Å². The van der Waals surface area contributed by atoms with E-state index in [2.05, 4.69) is 10.1 Å². The zero-order chi connectivity index (χ0) is 19.4. The summed E-state index contributed by atoms with van der Waals surface area (Å²) in [5, 5.41) is 4.03. The van der Waals surface area contributed by atoms with Gasteiger partial charge in [0.25, 0.3) is 0 Å². The lowest BCUT2D eigenvalue weighted by Gasteiger charge is -2.11. The van der Waals surface area contributed by atoms with Crippen molar-refractivity contribution in [1.29, 1.82) is 0 Å². The molecular formula is C21H24ClFN4O. The van der Waals surface area contributed by atoms with Gasteiger partial charge in [-0.15, -0.1) is 12.4 Å². The van der Waals surface area contributed by atoms with Crippen molar-refractivity contribution >= 4 is 18.4 Å². The quantitative estimate of drug-likeness (QED) is 0.506. The molecule has 0 spiro atoms. The molecule has 0 aliphatic rings. The first-order chi connectivity index (χ1) is 13.0. The molecule has 0 fully saturated rings. The van der Waals surface area contributed by atoms with E-state index >= 15 is 0 Å². The van der Waals surface area contributed by atoms with Gasteiger partial charge in [0, 0.05) is 31.6 Å². The SMILES string of the molecule is CC(c1ccc(-c2ccccc2)c(F)c1)c1cc(CN=C(N)N(C)C)no1.Cl. The van der Waals surface area contributed by atoms with E-state index in [9.17, 15) is 4.39 Å². The fourth-order valence-corrected chi connectivity index (χ4v) is 2.73. The van der Waals surface area contributed by atoms with Gasteiger partial charge in [0.1, 0.15) is 17.3 Å². The topological polar surface area (TPSA) is 67.7 Å². The summed E-state index contributed by atoms with van der Waals surface area (Å²) in [6.45, 7) is 2.29. The number of benzene rings is 2. The molecule has 1 atom stereocenters. The van der Waals surface area contributed by atoms with Crippen LogP contribution in [0.1, 0.15) is 29.9 Å². The first-order valence-corrected chi connectivity index (χ1v) is 8.73. The third kappa shape index (κ3) is 4.89. The Kier molecular flexibility index (Phi) is 7.18. The summed E-state index contributed by atoms with van der Waals surface area (Å²) in [6, 6.07) is 16.6. The molecule has 3 rings (SSSR count). The van der Waals surface area contributed by atoms with E-state index < -0.39 is 0 Å². The lowest BCUT2D eigenvalue weighted by atomic mass is 9.95. The highest BCUT2D eigenvalue weighted by atomic mass is 35.5. The molecule has 1 heterocycles. The summed E-state index contributed by atoms with van der Waals surface area (Å²) in [7, 11) is 3.64. The number of guanidine groups is 1. The average molecular weight is 403 g/mol. The van der Waals surface area contributed by atoms with Gasteiger partial charge in [0.2, 0.25) is 0 Å². The molecule has 0 amide bonds. The minimum atomic E-state index is -0.256. The number of aromatic nitrogens is 1. The Morgan fingerprint density at radius 3 is 2.54 bits per heavy atom. The molecule has 1 unspecified atom stereocenters. The lowest BCUT2D eigenvalue weighted by molar-refractivity contribution is 0.370. The molecule has 0 saturated carbocycles. The van der Waals surface area contributed by atoms with Crippen LogP contribution in [0.4, 0.5) is 4.39 Å². The Morgan fingerprint density at radius 1 is 1.18 bits per heavy atom. The van der Waals surface area contributed by atoms with Gasteiger partial charge in [0.15, 0.2) is 5.96 Å². The zero-order valence-corrected chi connectivity index (χ0v) is 16.9. The molecule has 28 heavy (non-hydrogen) atoms. The summed E-state index contributed by atoms with van der Waals surface area (Å²) in [4.78, 5) is 5.96. The number of halogens is 2. The van der Waals surface area contributed by atoms with Gasteiger partial charge in [-0.25, -0.2) is 9.38 Å². The Balaban J connectivity index is 0.00000280. The highest BCUT2D eigenvalue weighted by Crippen LogP contribution is 2.29. The zero-order valence-electron chi connectivity index (χ0n) is 16.1. The van der Waals surface area contributed by atoms with Crippen LogP contribution in [0.25, 0.3) is 11.1 Å². The molecular weight excluding hydrogens is 379 g/mol. The minimum absolute atomic E-state index is 0. The largest absolute Gasteiger partial charge is 0.370 e. The normalized spacial score (nSPS) is 12.4. The molecule has 7 heteroatoms. The molecule has 0 radical (unpaired) electrons. The number of nitrogens with two attached hydrogens (primary N) is 1. The summed E-state index contributed by atoms with van der Waals surface area (Å²) in [5.41, 5.74) is 8.72. The average Bonchev–Trinajstić information content (AvgIpc) is 3.15. The van der Waals surface area contributed by atoms with Crippen molar-refractivity contribution in [2.45, 2.75) is 19.4 Å². The summed E-state index contributed by atoms with van der Waals surface area (Å²) in [5.74, 6) is 0.705. The van der Waals surface area contributed by atoms with E-state index in [0.717, 1.165) is 11.1 Å². The van der Waals surface area contributed by atoms with E-state index in [4.69, 9.17) is 10.3 Å². The summed E-state index contributed by atoms with van der Waals surface area (Å²) in [6.07, 6.45) is 0. The number of nitrogens with zero attached hydrogens (tertiary/aromatic N) is 3. The Bertz CT molecular complexity index is 941.